The Labute approximate surface area is 249 Å². The van der Waals surface area contributed by atoms with Gasteiger partial charge in [0, 0.05) is 17.5 Å². The Balaban J connectivity index is 1.06. The number of nitrogens with zero attached hydrogens (tertiary/aromatic N) is 1. The van der Waals surface area contributed by atoms with Crippen molar-refractivity contribution in [1.29, 1.82) is 0 Å². The zero-order valence-electron chi connectivity index (χ0n) is 22.9. The van der Waals surface area contributed by atoms with E-state index in [-0.39, 0.29) is 34.9 Å². The molecule has 0 radical (unpaired) electrons. The maximum Gasteiger partial charge on any atom is 0.416 e. The van der Waals surface area contributed by atoms with E-state index in [2.05, 4.69) is 5.32 Å². The minimum absolute atomic E-state index is 0.0667. The Hall–Kier alpha value is -5.25. The van der Waals surface area contributed by atoms with Crippen LogP contribution in [0.3, 0.4) is 0 Å². The number of esters is 1. The molecule has 220 valence electrons. The summed E-state index contributed by atoms with van der Waals surface area (Å²) in [5.41, 5.74) is 3.63. The van der Waals surface area contributed by atoms with Gasteiger partial charge in [-0.05, 0) is 64.7 Å². The number of imide groups is 1. The van der Waals surface area contributed by atoms with E-state index in [9.17, 15) is 32.3 Å². The first-order chi connectivity index (χ1) is 21.1. The SMILES string of the molecule is O=C(COC(=O)c1ccc(N2C(=O)[C@@H]3C4c5ccccc5C(c5ccccc54)[C@@H]3C2=O)cc1)Nc1cccc(C(F)(F)F)c1. The molecule has 1 aliphatic heterocycles. The molecule has 3 aliphatic carbocycles. The number of rotatable bonds is 5. The molecule has 8 rings (SSSR count). The van der Waals surface area contributed by atoms with Gasteiger partial charge in [-0.15, -0.1) is 0 Å². The number of hydrogen-bond donors (Lipinski definition) is 1. The predicted octanol–water partition coefficient (Wildman–Crippen LogP) is 5.90. The maximum absolute atomic E-state index is 13.9. The van der Waals surface area contributed by atoms with E-state index in [4.69, 9.17) is 4.74 Å². The second-order valence-electron chi connectivity index (χ2n) is 11.0. The van der Waals surface area contributed by atoms with Gasteiger partial charge in [0.05, 0.1) is 28.7 Å². The van der Waals surface area contributed by atoms with E-state index in [1.807, 2.05) is 48.5 Å². The normalized spacial score (nSPS) is 21.4. The summed E-state index contributed by atoms with van der Waals surface area (Å²) in [6.07, 6.45) is -4.57. The first-order valence-corrected chi connectivity index (χ1v) is 13.9. The molecule has 1 N–H and O–H groups in total. The molecule has 0 unspecified atom stereocenters. The summed E-state index contributed by atoms with van der Waals surface area (Å²) in [6.45, 7) is -0.729. The Morgan fingerprint density at radius 1 is 0.727 bits per heavy atom. The van der Waals surface area contributed by atoms with Gasteiger partial charge < -0.3 is 10.1 Å². The van der Waals surface area contributed by atoms with Gasteiger partial charge in [-0.3, -0.25) is 14.4 Å². The molecule has 1 fully saturated rings. The molecule has 4 aliphatic rings. The van der Waals surface area contributed by atoms with Crippen LogP contribution in [0.25, 0.3) is 0 Å². The largest absolute Gasteiger partial charge is 0.452 e. The Morgan fingerprint density at radius 3 is 1.75 bits per heavy atom. The fourth-order valence-electron chi connectivity index (χ4n) is 6.86. The minimum Gasteiger partial charge on any atom is -0.452 e. The average molecular weight is 597 g/mol. The number of ether oxygens (including phenoxy) is 1. The van der Waals surface area contributed by atoms with Crippen LogP contribution in [0.2, 0.25) is 0 Å². The highest BCUT2D eigenvalue weighted by molar-refractivity contribution is 6.23. The molecule has 4 aromatic rings. The predicted molar refractivity (Wildman–Crippen MR) is 153 cm³/mol. The van der Waals surface area contributed by atoms with Crippen LogP contribution in [0.4, 0.5) is 24.5 Å². The third-order valence-corrected chi connectivity index (χ3v) is 8.62. The molecule has 1 heterocycles. The van der Waals surface area contributed by atoms with Gasteiger partial charge in [-0.2, -0.15) is 13.2 Å². The first kappa shape index (κ1) is 27.6. The summed E-state index contributed by atoms with van der Waals surface area (Å²) < 4.78 is 43.8. The van der Waals surface area contributed by atoms with Gasteiger partial charge in [0.1, 0.15) is 0 Å². The van der Waals surface area contributed by atoms with Gasteiger partial charge in [0.25, 0.3) is 5.91 Å². The Morgan fingerprint density at radius 2 is 1.25 bits per heavy atom. The lowest BCUT2D eigenvalue weighted by atomic mass is 9.55. The molecule has 7 nitrogen and oxygen atoms in total. The molecule has 1 saturated heterocycles. The van der Waals surface area contributed by atoms with E-state index in [1.54, 1.807) is 0 Å². The van der Waals surface area contributed by atoms with Gasteiger partial charge in [0.2, 0.25) is 11.8 Å². The molecule has 44 heavy (non-hydrogen) atoms. The van der Waals surface area contributed by atoms with Crippen LogP contribution in [-0.2, 0) is 25.3 Å². The van der Waals surface area contributed by atoms with E-state index in [0.29, 0.717) is 5.69 Å². The summed E-state index contributed by atoms with van der Waals surface area (Å²) in [7, 11) is 0. The van der Waals surface area contributed by atoms with Crippen LogP contribution in [0.15, 0.2) is 97.1 Å². The van der Waals surface area contributed by atoms with E-state index < -0.39 is 42.1 Å². The van der Waals surface area contributed by atoms with Crippen molar-refractivity contribution in [3.8, 4) is 0 Å². The van der Waals surface area contributed by atoms with Crippen molar-refractivity contribution >= 4 is 35.1 Å². The highest BCUT2D eigenvalue weighted by Crippen LogP contribution is 2.61. The molecule has 3 amide bonds. The van der Waals surface area contributed by atoms with Crippen LogP contribution in [0, 0.1) is 11.8 Å². The third kappa shape index (κ3) is 4.36. The Kier molecular flexibility index (Phi) is 6.38. The molecule has 2 atom stereocenters. The summed E-state index contributed by atoms with van der Waals surface area (Å²) in [6, 6.07) is 25.7. The first-order valence-electron chi connectivity index (χ1n) is 13.9. The van der Waals surface area contributed by atoms with Gasteiger partial charge in [-0.1, -0.05) is 54.6 Å². The molecule has 0 saturated carbocycles. The van der Waals surface area contributed by atoms with Crippen molar-refractivity contribution in [1.82, 2.24) is 0 Å². The highest BCUT2D eigenvalue weighted by atomic mass is 19.4. The van der Waals surface area contributed by atoms with Crippen LogP contribution < -0.4 is 10.2 Å². The number of carbonyl (C=O) groups excluding carboxylic acids is 4. The van der Waals surface area contributed by atoms with E-state index in [0.717, 1.165) is 40.5 Å². The van der Waals surface area contributed by atoms with Crippen LogP contribution in [0.5, 0.6) is 0 Å². The number of alkyl halides is 3. The van der Waals surface area contributed by atoms with Crippen molar-refractivity contribution in [2.45, 2.75) is 18.0 Å². The van der Waals surface area contributed by atoms with Crippen molar-refractivity contribution in [3.05, 3.63) is 130 Å². The lowest BCUT2D eigenvalue weighted by Crippen LogP contribution is -2.41. The lowest BCUT2D eigenvalue weighted by molar-refractivity contribution is -0.137. The summed E-state index contributed by atoms with van der Waals surface area (Å²) in [4.78, 5) is 53.8. The number of anilines is 2. The fourth-order valence-corrected chi connectivity index (χ4v) is 6.86. The van der Waals surface area contributed by atoms with Crippen LogP contribution in [-0.4, -0.2) is 30.3 Å². The fraction of sp³-hybridized carbons (Fsp3) is 0.176. The summed E-state index contributed by atoms with van der Waals surface area (Å²) in [5, 5.41) is 2.27. The molecule has 0 aromatic heterocycles. The number of halogens is 3. The van der Waals surface area contributed by atoms with Crippen LogP contribution >= 0.6 is 0 Å². The quantitative estimate of drug-likeness (QED) is 0.229. The van der Waals surface area contributed by atoms with Crippen molar-refractivity contribution < 1.29 is 37.1 Å². The second-order valence-corrected chi connectivity index (χ2v) is 11.0. The second kappa shape index (κ2) is 10.2. The molecular weight excluding hydrogens is 573 g/mol. The molecule has 4 aromatic carbocycles. The smallest absolute Gasteiger partial charge is 0.416 e. The molecule has 10 heteroatoms. The lowest BCUT2D eigenvalue weighted by Gasteiger charge is -2.45. The van der Waals surface area contributed by atoms with Gasteiger partial charge in [0.15, 0.2) is 6.61 Å². The molecule has 0 spiro atoms. The van der Waals surface area contributed by atoms with Crippen molar-refractivity contribution in [2.24, 2.45) is 11.8 Å². The summed E-state index contributed by atoms with van der Waals surface area (Å²) >= 11 is 0. The third-order valence-electron chi connectivity index (χ3n) is 8.62. The number of amides is 3. The van der Waals surface area contributed by atoms with E-state index >= 15 is 0 Å². The van der Waals surface area contributed by atoms with Crippen molar-refractivity contribution in [2.75, 3.05) is 16.8 Å². The van der Waals surface area contributed by atoms with Gasteiger partial charge >= 0.3 is 12.1 Å². The van der Waals surface area contributed by atoms with Gasteiger partial charge in [-0.25, -0.2) is 9.69 Å². The summed E-state index contributed by atoms with van der Waals surface area (Å²) in [5.74, 6) is -3.82. The highest BCUT2D eigenvalue weighted by Gasteiger charge is 2.61. The Bertz CT molecular complexity index is 1740. The maximum atomic E-state index is 13.9. The standard InChI is InChI=1S/C34H23F3N2O5/c35-34(36,37)19-6-5-7-20(16-19)38-26(40)17-44-33(43)18-12-14-21(15-13-18)39-31(41)29-27-22-8-1-2-9-23(22)28(30(29)32(39)42)25-11-4-3-10-24(25)27/h1-16,27-30H,17H2,(H,38,40)/t27?,28?,29-,30+. The monoisotopic (exact) mass is 596 g/mol. The van der Waals surface area contributed by atoms with E-state index in [1.165, 1.54) is 35.2 Å². The average Bonchev–Trinajstić information content (AvgIpc) is 3.29. The minimum atomic E-state index is -4.57. The number of carbonyl (C=O) groups is 4. The molecule has 2 bridgehead atoms. The number of benzene rings is 4. The number of hydrogen-bond acceptors (Lipinski definition) is 5. The van der Waals surface area contributed by atoms with Crippen LogP contribution in [0.1, 0.15) is 50.0 Å². The zero-order chi connectivity index (χ0) is 30.7. The van der Waals surface area contributed by atoms with Crippen molar-refractivity contribution in [3.63, 3.8) is 0 Å². The topological polar surface area (TPSA) is 92.8 Å². The number of nitrogens with one attached hydrogen (secondary N) is 1. The zero-order valence-corrected chi connectivity index (χ0v) is 22.9. The molecular formula is C34H23F3N2O5.